The Balaban J connectivity index is 1.88. The quantitative estimate of drug-likeness (QED) is 0.398. The Morgan fingerprint density at radius 1 is 1.14 bits per heavy atom. The van der Waals surface area contributed by atoms with Gasteiger partial charge < -0.3 is 24.3 Å². The summed E-state index contributed by atoms with van der Waals surface area (Å²) in [7, 11) is 1.54. The van der Waals surface area contributed by atoms with Crippen molar-refractivity contribution >= 4 is 28.3 Å². The van der Waals surface area contributed by atoms with Crippen LogP contribution in [0.15, 0.2) is 64.1 Å². The van der Waals surface area contributed by atoms with Crippen LogP contribution in [-0.4, -0.2) is 29.7 Å². The van der Waals surface area contributed by atoms with Crippen LogP contribution in [-0.2, 0) is 6.61 Å². The number of fused-ring (bicyclic) bond motifs is 1. The number of aryl methyl sites for hydroxylation is 2. The SMILES string of the molecule is CCOc1ccc(N=c2oc3c(C)ncc(CO)c3cc2C(=O)Nc2cc(C)ccc2OC)cc1. The van der Waals surface area contributed by atoms with Crippen LogP contribution in [0.2, 0.25) is 0 Å². The molecule has 8 nitrogen and oxygen atoms in total. The molecule has 0 radical (unpaired) electrons. The number of carbonyl (C=O) groups excluding carboxylic acids is 1. The summed E-state index contributed by atoms with van der Waals surface area (Å²) >= 11 is 0. The first kappa shape index (κ1) is 24.0. The minimum absolute atomic E-state index is 0.116. The first-order chi connectivity index (χ1) is 16.9. The molecule has 180 valence electrons. The molecule has 35 heavy (non-hydrogen) atoms. The molecule has 0 fully saturated rings. The Hall–Kier alpha value is -4.17. The number of nitrogens with zero attached hydrogens (tertiary/aromatic N) is 2. The van der Waals surface area contributed by atoms with E-state index in [0.29, 0.717) is 46.0 Å². The number of methoxy groups -OCH3 is 1. The molecule has 8 heteroatoms. The second-order valence-corrected chi connectivity index (χ2v) is 7.93. The molecular formula is C27H27N3O5. The average Bonchev–Trinajstić information content (AvgIpc) is 2.86. The van der Waals surface area contributed by atoms with E-state index in [9.17, 15) is 9.90 Å². The second-order valence-electron chi connectivity index (χ2n) is 7.93. The summed E-state index contributed by atoms with van der Waals surface area (Å²) in [5.74, 6) is 0.824. The van der Waals surface area contributed by atoms with Crippen molar-refractivity contribution in [2.75, 3.05) is 19.0 Å². The fraction of sp³-hybridized carbons (Fsp3) is 0.222. The van der Waals surface area contributed by atoms with Crippen molar-refractivity contribution in [2.45, 2.75) is 27.4 Å². The number of hydrogen-bond acceptors (Lipinski definition) is 7. The Labute approximate surface area is 202 Å². The smallest absolute Gasteiger partial charge is 0.261 e. The van der Waals surface area contributed by atoms with E-state index in [0.717, 1.165) is 11.3 Å². The third-order valence-corrected chi connectivity index (χ3v) is 5.45. The van der Waals surface area contributed by atoms with E-state index < -0.39 is 5.91 Å². The summed E-state index contributed by atoms with van der Waals surface area (Å²) in [4.78, 5) is 22.4. The number of anilines is 1. The van der Waals surface area contributed by atoms with Gasteiger partial charge >= 0.3 is 0 Å². The minimum Gasteiger partial charge on any atom is -0.495 e. The highest BCUT2D eigenvalue weighted by atomic mass is 16.5. The number of nitrogens with one attached hydrogen (secondary N) is 1. The van der Waals surface area contributed by atoms with Gasteiger partial charge in [-0.25, -0.2) is 4.99 Å². The lowest BCUT2D eigenvalue weighted by Crippen LogP contribution is -2.22. The lowest BCUT2D eigenvalue weighted by atomic mass is 10.1. The number of rotatable bonds is 7. The molecule has 0 atom stereocenters. The number of aliphatic hydroxyl groups excluding tert-OH is 1. The Morgan fingerprint density at radius 3 is 2.60 bits per heavy atom. The average molecular weight is 474 g/mol. The molecule has 0 spiro atoms. The first-order valence-corrected chi connectivity index (χ1v) is 11.2. The van der Waals surface area contributed by atoms with Gasteiger partial charge in [0.1, 0.15) is 17.1 Å². The van der Waals surface area contributed by atoms with Crippen LogP contribution in [0.3, 0.4) is 0 Å². The first-order valence-electron chi connectivity index (χ1n) is 11.2. The molecule has 2 N–H and O–H groups in total. The second kappa shape index (κ2) is 10.4. The molecule has 0 aliphatic heterocycles. The zero-order chi connectivity index (χ0) is 24.9. The lowest BCUT2D eigenvalue weighted by molar-refractivity contribution is 0.102. The largest absolute Gasteiger partial charge is 0.495 e. The Bertz CT molecular complexity index is 1440. The zero-order valence-electron chi connectivity index (χ0n) is 20.1. The summed E-state index contributed by atoms with van der Waals surface area (Å²) in [6.45, 7) is 5.95. The van der Waals surface area contributed by atoms with Crippen LogP contribution in [0.25, 0.3) is 11.0 Å². The number of amides is 1. The molecule has 0 aliphatic carbocycles. The molecule has 0 bridgehead atoms. The van der Waals surface area contributed by atoms with Gasteiger partial charge in [-0.05, 0) is 68.8 Å². The fourth-order valence-corrected chi connectivity index (χ4v) is 3.67. The highest BCUT2D eigenvalue weighted by molar-refractivity contribution is 6.06. The highest BCUT2D eigenvalue weighted by Gasteiger charge is 2.18. The third-order valence-electron chi connectivity index (χ3n) is 5.45. The zero-order valence-corrected chi connectivity index (χ0v) is 20.1. The van der Waals surface area contributed by atoms with Crippen molar-refractivity contribution in [1.29, 1.82) is 0 Å². The van der Waals surface area contributed by atoms with E-state index in [4.69, 9.17) is 13.9 Å². The van der Waals surface area contributed by atoms with Gasteiger partial charge in [0.15, 0.2) is 5.58 Å². The molecular weight excluding hydrogens is 446 g/mol. The number of pyridine rings is 1. The molecule has 2 aromatic heterocycles. The van der Waals surface area contributed by atoms with E-state index in [1.807, 2.05) is 26.0 Å². The van der Waals surface area contributed by atoms with Crippen LogP contribution >= 0.6 is 0 Å². The minimum atomic E-state index is -0.428. The predicted octanol–water partition coefficient (Wildman–Crippen LogP) is 4.83. The van der Waals surface area contributed by atoms with Gasteiger partial charge in [0.25, 0.3) is 5.91 Å². The molecule has 0 unspecified atom stereocenters. The summed E-state index contributed by atoms with van der Waals surface area (Å²) < 4.78 is 17.0. The fourth-order valence-electron chi connectivity index (χ4n) is 3.67. The number of aliphatic hydroxyl groups is 1. The van der Waals surface area contributed by atoms with Crippen molar-refractivity contribution in [2.24, 2.45) is 4.99 Å². The van der Waals surface area contributed by atoms with Crippen LogP contribution in [0.4, 0.5) is 11.4 Å². The highest BCUT2D eigenvalue weighted by Crippen LogP contribution is 2.27. The van der Waals surface area contributed by atoms with E-state index in [1.165, 1.54) is 0 Å². The standard InChI is InChI=1S/C27H27N3O5/c1-5-34-20-9-7-19(8-10-20)29-27-22(13-21-18(15-31)14-28-17(3)25(21)35-27)26(32)30-23-12-16(2)6-11-24(23)33-4/h6-14,31H,5,15H2,1-4H3,(H,30,32). The topological polar surface area (TPSA) is 106 Å². The molecule has 2 heterocycles. The van der Waals surface area contributed by atoms with Crippen molar-refractivity contribution in [1.82, 2.24) is 4.98 Å². The summed E-state index contributed by atoms with van der Waals surface area (Å²) in [6, 6.07) is 14.4. The number of ether oxygens (including phenoxy) is 2. The van der Waals surface area contributed by atoms with Crippen molar-refractivity contribution in [3.63, 3.8) is 0 Å². The molecule has 4 rings (SSSR count). The van der Waals surface area contributed by atoms with Crippen LogP contribution < -0.4 is 20.3 Å². The summed E-state index contributed by atoms with van der Waals surface area (Å²) in [5, 5.41) is 13.3. The van der Waals surface area contributed by atoms with Gasteiger partial charge in [-0.1, -0.05) is 6.07 Å². The third kappa shape index (κ3) is 5.17. The number of hydrogen-bond donors (Lipinski definition) is 2. The maximum Gasteiger partial charge on any atom is 0.261 e. The maximum absolute atomic E-state index is 13.5. The van der Waals surface area contributed by atoms with Gasteiger partial charge in [0, 0.05) is 17.1 Å². The molecule has 4 aromatic rings. The van der Waals surface area contributed by atoms with Crippen molar-refractivity contribution < 1.29 is 23.8 Å². The molecule has 1 amide bonds. The van der Waals surface area contributed by atoms with E-state index in [-0.39, 0.29) is 17.7 Å². The van der Waals surface area contributed by atoms with Gasteiger partial charge in [0.2, 0.25) is 5.55 Å². The molecule has 2 aromatic carbocycles. The molecule has 0 aliphatic rings. The van der Waals surface area contributed by atoms with Crippen LogP contribution in [0.5, 0.6) is 11.5 Å². The summed E-state index contributed by atoms with van der Waals surface area (Å²) in [6.07, 6.45) is 1.57. The van der Waals surface area contributed by atoms with E-state index >= 15 is 0 Å². The Kier molecular flexibility index (Phi) is 7.12. The van der Waals surface area contributed by atoms with Gasteiger partial charge in [-0.2, -0.15) is 0 Å². The molecule has 0 saturated carbocycles. The Morgan fingerprint density at radius 2 is 1.91 bits per heavy atom. The van der Waals surface area contributed by atoms with Crippen LogP contribution in [0, 0.1) is 13.8 Å². The van der Waals surface area contributed by atoms with Gasteiger partial charge in [-0.3, -0.25) is 9.78 Å². The number of carbonyl (C=O) groups is 1. The van der Waals surface area contributed by atoms with E-state index in [1.54, 1.807) is 56.6 Å². The normalized spacial score (nSPS) is 11.5. The molecule has 0 saturated heterocycles. The van der Waals surface area contributed by atoms with E-state index in [2.05, 4.69) is 15.3 Å². The number of aromatic nitrogens is 1. The maximum atomic E-state index is 13.5. The monoisotopic (exact) mass is 473 g/mol. The number of benzene rings is 2. The van der Waals surface area contributed by atoms with Crippen LogP contribution in [0.1, 0.15) is 34.1 Å². The van der Waals surface area contributed by atoms with Gasteiger partial charge in [-0.15, -0.1) is 0 Å². The predicted molar refractivity (Wildman–Crippen MR) is 133 cm³/mol. The van der Waals surface area contributed by atoms with Gasteiger partial charge in [0.05, 0.1) is 37.4 Å². The van der Waals surface area contributed by atoms with Crippen molar-refractivity contribution in [3.8, 4) is 11.5 Å². The van der Waals surface area contributed by atoms with Crippen molar-refractivity contribution in [3.05, 3.63) is 82.7 Å². The summed E-state index contributed by atoms with van der Waals surface area (Å²) in [5.41, 5.74) is 4.01. The lowest BCUT2D eigenvalue weighted by Gasteiger charge is -2.12.